The van der Waals surface area contributed by atoms with Crippen molar-refractivity contribution < 1.29 is 9.18 Å². The van der Waals surface area contributed by atoms with Gasteiger partial charge in [-0.1, -0.05) is 18.2 Å². The second kappa shape index (κ2) is 7.12. The fraction of sp³-hybridized carbons (Fsp3) is 0.174. The van der Waals surface area contributed by atoms with Gasteiger partial charge in [-0.2, -0.15) is 0 Å². The van der Waals surface area contributed by atoms with Crippen LogP contribution in [0.15, 0.2) is 54.6 Å². The Balaban J connectivity index is 1.96. The standard InChI is InChI=1S/C23H22FNO/c1-14-5-6-19(11-15(14)2)22-13-21(12-16(3)17(22)4)25-23(26)18-7-9-20(24)10-8-18/h5-13H,1-4H3,(H,25,26). The molecule has 3 aromatic carbocycles. The van der Waals surface area contributed by atoms with Crippen molar-refractivity contribution >= 4 is 11.6 Å². The highest BCUT2D eigenvalue weighted by Gasteiger charge is 2.11. The van der Waals surface area contributed by atoms with Crippen LogP contribution in [0.5, 0.6) is 0 Å². The van der Waals surface area contributed by atoms with Crippen molar-refractivity contribution in [1.82, 2.24) is 0 Å². The van der Waals surface area contributed by atoms with Gasteiger partial charge in [-0.25, -0.2) is 4.39 Å². The lowest BCUT2D eigenvalue weighted by molar-refractivity contribution is 0.102. The topological polar surface area (TPSA) is 29.1 Å². The molecule has 0 saturated carbocycles. The molecule has 2 nitrogen and oxygen atoms in total. The van der Waals surface area contributed by atoms with Crippen molar-refractivity contribution in [1.29, 1.82) is 0 Å². The van der Waals surface area contributed by atoms with E-state index < -0.39 is 0 Å². The van der Waals surface area contributed by atoms with Crippen LogP contribution in [0.4, 0.5) is 10.1 Å². The summed E-state index contributed by atoms with van der Waals surface area (Å²) in [5.74, 6) is -0.607. The quantitative estimate of drug-likeness (QED) is 0.620. The molecule has 3 heteroatoms. The van der Waals surface area contributed by atoms with Crippen LogP contribution in [0.2, 0.25) is 0 Å². The van der Waals surface area contributed by atoms with Gasteiger partial charge in [-0.05, 0) is 97.5 Å². The number of hydrogen-bond acceptors (Lipinski definition) is 1. The van der Waals surface area contributed by atoms with E-state index in [1.54, 1.807) is 0 Å². The molecule has 132 valence electrons. The molecule has 3 rings (SSSR count). The molecule has 0 aromatic heterocycles. The Hall–Kier alpha value is -2.94. The Kier molecular flexibility index (Phi) is 4.90. The van der Waals surface area contributed by atoms with E-state index in [2.05, 4.69) is 44.3 Å². The number of benzene rings is 3. The highest BCUT2D eigenvalue weighted by atomic mass is 19.1. The van der Waals surface area contributed by atoms with Gasteiger partial charge in [0.15, 0.2) is 0 Å². The highest BCUT2D eigenvalue weighted by Crippen LogP contribution is 2.30. The Morgan fingerprint density at radius 1 is 0.808 bits per heavy atom. The van der Waals surface area contributed by atoms with E-state index in [0.717, 1.165) is 22.4 Å². The van der Waals surface area contributed by atoms with E-state index in [1.165, 1.54) is 41.0 Å². The largest absolute Gasteiger partial charge is 0.322 e. The molecule has 0 bridgehead atoms. The number of amides is 1. The Morgan fingerprint density at radius 3 is 2.15 bits per heavy atom. The number of halogens is 1. The monoisotopic (exact) mass is 347 g/mol. The summed E-state index contributed by atoms with van der Waals surface area (Å²) in [7, 11) is 0. The fourth-order valence-electron chi connectivity index (χ4n) is 2.94. The van der Waals surface area contributed by atoms with Crippen LogP contribution in [0.25, 0.3) is 11.1 Å². The van der Waals surface area contributed by atoms with Crippen LogP contribution in [0.1, 0.15) is 32.6 Å². The van der Waals surface area contributed by atoms with Gasteiger partial charge in [0, 0.05) is 11.3 Å². The molecule has 0 saturated heterocycles. The summed E-state index contributed by atoms with van der Waals surface area (Å²) in [4.78, 5) is 12.4. The summed E-state index contributed by atoms with van der Waals surface area (Å²) in [6.45, 7) is 8.32. The molecule has 0 radical (unpaired) electrons. The number of aryl methyl sites for hydroxylation is 3. The average Bonchev–Trinajstić information content (AvgIpc) is 2.61. The first-order valence-electron chi connectivity index (χ1n) is 8.61. The van der Waals surface area contributed by atoms with Crippen LogP contribution < -0.4 is 5.32 Å². The first kappa shape index (κ1) is 17.9. The summed E-state index contributed by atoms with van der Waals surface area (Å²) < 4.78 is 13.0. The van der Waals surface area contributed by atoms with Crippen molar-refractivity contribution in [3.8, 4) is 11.1 Å². The van der Waals surface area contributed by atoms with Crippen LogP contribution in [0, 0.1) is 33.5 Å². The molecule has 0 spiro atoms. The maximum absolute atomic E-state index is 13.0. The number of hydrogen-bond donors (Lipinski definition) is 1. The maximum Gasteiger partial charge on any atom is 0.255 e. The van der Waals surface area contributed by atoms with Crippen LogP contribution in [-0.4, -0.2) is 5.91 Å². The summed E-state index contributed by atoms with van der Waals surface area (Å²) in [6.07, 6.45) is 0. The minimum absolute atomic E-state index is 0.251. The average molecular weight is 347 g/mol. The zero-order valence-corrected chi connectivity index (χ0v) is 15.5. The summed E-state index contributed by atoms with van der Waals surface area (Å²) in [6, 6.07) is 15.9. The number of anilines is 1. The van der Waals surface area contributed by atoms with E-state index in [-0.39, 0.29) is 11.7 Å². The van der Waals surface area contributed by atoms with Crippen molar-refractivity contribution in [3.05, 3.63) is 88.2 Å². The Bertz CT molecular complexity index is 974. The third-order valence-electron chi connectivity index (χ3n) is 4.85. The highest BCUT2D eigenvalue weighted by molar-refractivity contribution is 6.04. The molecule has 26 heavy (non-hydrogen) atoms. The third-order valence-corrected chi connectivity index (χ3v) is 4.85. The van der Waals surface area contributed by atoms with Crippen molar-refractivity contribution in [2.24, 2.45) is 0 Å². The predicted octanol–water partition coefficient (Wildman–Crippen LogP) is 5.98. The second-order valence-corrected chi connectivity index (χ2v) is 6.73. The van der Waals surface area contributed by atoms with Gasteiger partial charge in [-0.3, -0.25) is 4.79 Å². The predicted molar refractivity (Wildman–Crippen MR) is 105 cm³/mol. The number of carbonyl (C=O) groups excluding carboxylic acids is 1. The molecule has 0 heterocycles. The van der Waals surface area contributed by atoms with Gasteiger partial charge in [0.05, 0.1) is 0 Å². The lowest BCUT2D eigenvalue weighted by Crippen LogP contribution is -2.12. The molecule has 1 N–H and O–H groups in total. The SMILES string of the molecule is Cc1ccc(-c2cc(NC(=O)c3ccc(F)cc3)cc(C)c2C)cc1C. The minimum atomic E-state index is -0.357. The smallest absolute Gasteiger partial charge is 0.255 e. The number of carbonyl (C=O) groups is 1. The minimum Gasteiger partial charge on any atom is -0.322 e. The first-order valence-corrected chi connectivity index (χ1v) is 8.61. The number of nitrogens with one attached hydrogen (secondary N) is 1. The lowest BCUT2D eigenvalue weighted by Gasteiger charge is -2.14. The van der Waals surface area contributed by atoms with E-state index in [9.17, 15) is 9.18 Å². The van der Waals surface area contributed by atoms with Crippen LogP contribution in [0.3, 0.4) is 0 Å². The van der Waals surface area contributed by atoms with Crippen molar-refractivity contribution in [2.45, 2.75) is 27.7 Å². The molecule has 0 aliphatic heterocycles. The van der Waals surface area contributed by atoms with Crippen molar-refractivity contribution in [2.75, 3.05) is 5.32 Å². The molecule has 0 atom stereocenters. The Morgan fingerprint density at radius 2 is 1.50 bits per heavy atom. The zero-order valence-electron chi connectivity index (χ0n) is 15.5. The van der Waals surface area contributed by atoms with Gasteiger partial charge in [0.1, 0.15) is 5.82 Å². The molecule has 1 amide bonds. The molecular formula is C23H22FNO. The maximum atomic E-state index is 13.0. The summed E-state index contributed by atoms with van der Waals surface area (Å²) >= 11 is 0. The molecule has 0 aliphatic carbocycles. The molecule has 0 fully saturated rings. The molecule has 0 unspecified atom stereocenters. The normalized spacial score (nSPS) is 10.7. The molecule has 3 aromatic rings. The van der Waals surface area contributed by atoms with E-state index in [4.69, 9.17) is 0 Å². The second-order valence-electron chi connectivity index (χ2n) is 6.73. The Labute approximate surface area is 153 Å². The van der Waals surface area contributed by atoms with E-state index in [1.807, 2.05) is 19.1 Å². The summed E-state index contributed by atoms with van der Waals surface area (Å²) in [5.41, 5.74) is 8.18. The fourth-order valence-corrected chi connectivity index (χ4v) is 2.94. The lowest BCUT2D eigenvalue weighted by atomic mass is 9.94. The van der Waals surface area contributed by atoms with Crippen LogP contribution >= 0.6 is 0 Å². The van der Waals surface area contributed by atoms with E-state index >= 15 is 0 Å². The van der Waals surface area contributed by atoms with Crippen molar-refractivity contribution in [3.63, 3.8) is 0 Å². The van der Waals surface area contributed by atoms with Gasteiger partial charge in [-0.15, -0.1) is 0 Å². The van der Waals surface area contributed by atoms with Gasteiger partial charge >= 0.3 is 0 Å². The summed E-state index contributed by atoms with van der Waals surface area (Å²) in [5, 5.41) is 2.92. The van der Waals surface area contributed by atoms with Gasteiger partial charge < -0.3 is 5.32 Å². The third kappa shape index (κ3) is 3.67. The number of rotatable bonds is 3. The zero-order chi connectivity index (χ0) is 18.8. The van der Waals surface area contributed by atoms with Gasteiger partial charge in [0.2, 0.25) is 0 Å². The molecular weight excluding hydrogens is 325 g/mol. The first-order chi connectivity index (χ1) is 12.3. The van der Waals surface area contributed by atoms with Gasteiger partial charge in [0.25, 0.3) is 5.91 Å². The van der Waals surface area contributed by atoms with Crippen LogP contribution in [-0.2, 0) is 0 Å². The van der Waals surface area contributed by atoms with E-state index in [0.29, 0.717) is 5.56 Å². The molecule has 0 aliphatic rings.